The van der Waals surface area contributed by atoms with Crippen molar-refractivity contribution in [2.45, 2.75) is 64.1 Å². The Hall–Kier alpha value is -1.63. The summed E-state index contributed by atoms with van der Waals surface area (Å²) in [5, 5.41) is 19.1. The van der Waals surface area contributed by atoms with Gasteiger partial charge in [0.05, 0.1) is 12.1 Å². The molecule has 0 spiro atoms. The van der Waals surface area contributed by atoms with E-state index in [1.807, 2.05) is 6.92 Å². The lowest BCUT2D eigenvalue weighted by atomic mass is 9.93. The molecule has 0 saturated heterocycles. The van der Waals surface area contributed by atoms with E-state index in [4.69, 9.17) is 4.52 Å². The van der Waals surface area contributed by atoms with Crippen LogP contribution >= 0.6 is 0 Å². The number of urea groups is 1. The molecule has 2 amide bonds. The molecule has 7 heteroatoms. The van der Waals surface area contributed by atoms with Crippen LogP contribution in [0.4, 0.5) is 4.79 Å². The van der Waals surface area contributed by atoms with Gasteiger partial charge in [-0.25, -0.2) is 4.79 Å². The zero-order valence-corrected chi connectivity index (χ0v) is 11.9. The van der Waals surface area contributed by atoms with E-state index in [2.05, 4.69) is 20.8 Å². The molecule has 1 fully saturated rings. The molecule has 3 N–H and O–H groups in total. The SMILES string of the molecule is CCC(NC(=O)NC1CCC(O)CC1)c1noc(C)n1. The maximum atomic E-state index is 12.0. The van der Waals surface area contributed by atoms with Crippen LogP contribution in [0.3, 0.4) is 0 Å². The Morgan fingerprint density at radius 1 is 1.45 bits per heavy atom. The monoisotopic (exact) mass is 282 g/mol. The standard InChI is InChI=1S/C13H22N4O3/c1-3-11(12-14-8(2)20-17-12)16-13(19)15-9-4-6-10(18)7-5-9/h9-11,18H,3-7H2,1-2H3,(H2,15,16,19). The second-order valence-corrected chi connectivity index (χ2v) is 5.26. The lowest BCUT2D eigenvalue weighted by Crippen LogP contribution is -2.45. The average molecular weight is 282 g/mol. The number of nitrogens with one attached hydrogen (secondary N) is 2. The lowest BCUT2D eigenvalue weighted by molar-refractivity contribution is 0.117. The number of aryl methyl sites for hydroxylation is 1. The average Bonchev–Trinajstić information content (AvgIpc) is 2.85. The van der Waals surface area contributed by atoms with Crippen molar-refractivity contribution < 1.29 is 14.4 Å². The van der Waals surface area contributed by atoms with Crippen LogP contribution in [0.2, 0.25) is 0 Å². The molecule has 1 saturated carbocycles. The largest absolute Gasteiger partial charge is 0.393 e. The number of carbonyl (C=O) groups excluding carboxylic acids is 1. The third kappa shape index (κ3) is 3.93. The van der Waals surface area contributed by atoms with Crippen molar-refractivity contribution in [3.05, 3.63) is 11.7 Å². The molecule has 1 aliphatic rings. The Morgan fingerprint density at radius 3 is 2.70 bits per heavy atom. The fourth-order valence-electron chi connectivity index (χ4n) is 2.41. The van der Waals surface area contributed by atoms with Crippen molar-refractivity contribution in [1.82, 2.24) is 20.8 Å². The van der Waals surface area contributed by atoms with Gasteiger partial charge in [0.25, 0.3) is 0 Å². The molecule has 0 bridgehead atoms. The predicted molar refractivity (Wildman–Crippen MR) is 72.0 cm³/mol. The molecule has 2 rings (SSSR count). The van der Waals surface area contributed by atoms with Gasteiger partial charge in [0.1, 0.15) is 0 Å². The highest BCUT2D eigenvalue weighted by Gasteiger charge is 2.23. The molecule has 1 aliphatic carbocycles. The van der Waals surface area contributed by atoms with Gasteiger partial charge < -0.3 is 20.3 Å². The Kier molecular flexibility index (Phi) is 4.94. The molecule has 1 unspecified atom stereocenters. The summed E-state index contributed by atoms with van der Waals surface area (Å²) in [6.07, 6.45) is 3.58. The number of aliphatic hydroxyl groups is 1. The van der Waals surface area contributed by atoms with Crippen LogP contribution < -0.4 is 10.6 Å². The number of hydrogen-bond acceptors (Lipinski definition) is 5. The van der Waals surface area contributed by atoms with Gasteiger partial charge in [0, 0.05) is 13.0 Å². The minimum Gasteiger partial charge on any atom is -0.393 e. The van der Waals surface area contributed by atoms with E-state index in [9.17, 15) is 9.90 Å². The van der Waals surface area contributed by atoms with Gasteiger partial charge in [-0.05, 0) is 32.1 Å². The second-order valence-electron chi connectivity index (χ2n) is 5.26. The summed E-state index contributed by atoms with van der Waals surface area (Å²) >= 11 is 0. The molecule has 7 nitrogen and oxygen atoms in total. The van der Waals surface area contributed by atoms with Crippen LogP contribution in [-0.4, -0.2) is 33.4 Å². The van der Waals surface area contributed by atoms with Crippen molar-refractivity contribution in [1.29, 1.82) is 0 Å². The predicted octanol–water partition coefficient (Wildman–Crippen LogP) is 1.43. The number of amides is 2. The van der Waals surface area contributed by atoms with E-state index in [1.54, 1.807) is 6.92 Å². The zero-order valence-electron chi connectivity index (χ0n) is 11.9. The van der Waals surface area contributed by atoms with Gasteiger partial charge in [0.15, 0.2) is 5.82 Å². The lowest BCUT2D eigenvalue weighted by Gasteiger charge is -2.26. The van der Waals surface area contributed by atoms with E-state index in [-0.39, 0.29) is 24.2 Å². The van der Waals surface area contributed by atoms with Crippen LogP contribution in [0.5, 0.6) is 0 Å². The van der Waals surface area contributed by atoms with E-state index >= 15 is 0 Å². The van der Waals surface area contributed by atoms with Crippen molar-refractivity contribution >= 4 is 6.03 Å². The van der Waals surface area contributed by atoms with Gasteiger partial charge in [-0.1, -0.05) is 12.1 Å². The van der Waals surface area contributed by atoms with E-state index in [1.165, 1.54) is 0 Å². The zero-order chi connectivity index (χ0) is 14.5. The molecule has 1 aromatic rings. The fourth-order valence-corrected chi connectivity index (χ4v) is 2.41. The highest BCUT2D eigenvalue weighted by atomic mass is 16.5. The highest BCUT2D eigenvalue weighted by molar-refractivity contribution is 5.74. The molecule has 1 aromatic heterocycles. The van der Waals surface area contributed by atoms with Crippen LogP contribution in [-0.2, 0) is 0 Å². The number of nitrogens with zero attached hydrogens (tertiary/aromatic N) is 2. The summed E-state index contributed by atoms with van der Waals surface area (Å²) in [6, 6.07) is -0.342. The van der Waals surface area contributed by atoms with Crippen molar-refractivity contribution in [2.24, 2.45) is 0 Å². The Morgan fingerprint density at radius 2 is 2.15 bits per heavy atom. The number of rotatable bonds is 4. The van der Waals surface area contributed by atoms with Crippen molar-refractivity contribution in [3.63, 3.8) is 0 Å². The Bertz CT molecular complexity index is 441. The first-order valence-corrected chi connectivity index (χ1v) is 7.13. The smallest absolute Gasteiger partial charge is 0.315 e. The van der Waals surface area contributed by atoms with Gasteiger partial charge in [0.2, 0.25) is 5.89 Å². The molecule has 1 atom stereocenters. The Labute approximate surface area is 118 Å². The van der Waals surface area contributed by atoms with E-state index in [0.29, 0.717) is 18.1 Å². The second kappa shape index (κ2) is 6.69. The van der Waals surface area contributed by atoms with Crippen LogP contribution in [0.1, 0.15) is 56.8 Å². The summed E-state index contributed by atoms with van der Waals surface area (Å²) < 4.78 is 4.93. The molecule has 1 heterocycles. The van der Waals surface area contributed by atoms with Gasteiger partial charge in [-0.3, -0.25) is 0 Å². The first kappa shape index (κ1) is 14.8. The quantitative estimate of drug-likeness (QED) is 0.775. The maximum Gasteiger partial charge on any atom is 0.315 e. The third-order valence-electron chi connectivity index (χ3n) is 3.60. The topological polar surface area (TPSA) is 100 Å². The first-order chi connectivity index (χ1) is 9.58. The van der Waals surface area contributed by atoms with Crippen LogP contribution in [0.25, 0.3) is 0 Å². The van der Waals surface area contributed by atoms with Gasteiger partial charge in [-0.2, -0.15) is 4.98 Å². The van der Waals surface area contributed by atoms with Gasteiger partial charge in [-0.15, -0.1) is 0 Å². The summed E-state index contributed by atoms with van der Waals surface area (Å²) in [6.45, 7) is 3.67. The number of aliphatic hydroxyl groups excluding tert-OH is 1. The number of aromatic nitrogens is 2. The third-order valence-corrected chi connectivity index (χ3v) is 3.60. The summed E-state index contributed by atoms with van der Waals surface area (Å²) in [5.41, 5.74) is 0. The number of hydrogen-bond donors (Lipinski definition) is 3. The molecule has 0 aliphatic heterocycles. The van der Waals surface area contributed by atoms with E-state index in [0.717, 1.165) is 25.7 Å². The molecular weight excluding hydrogens is 260 g/mol. The van der Waals surface area contributed by atoms with E-state index < -0.39 is 0 Å². The normalized spacial score (nSPS) is 24.1. The first-order valence-electron chi connectivity index (χ1n) is 7.13. The Balaban J connectivity index is 1.83. The highest BCUT2D eigenvalue weighted by Crippen LogP contribution is 2.18. The van der Waals surface area contributed by atoms with Crippen LogP contribution in [0.15, 0.2) is 4.52 Å². The van der Waals surface area contributed by atoms with Crippen molar-refractivity contribution in [2.75, 3.05) is 0 Å². The molecule has 20 heavy (non-hydrogen) atoms. The number of carbonyl (C=O) groups is 1. The minimum atomic E-state index is -0.248. The molecular formula is C13H22N4O3. The summed E-state index contributed by atoms with van der Waals surface area (Å²) in [5.74, 6) is 0.987. The minimum absolute atomic E-state index is 0.128. The summed E-state index contributed by atoms with van der Waals surface area (Å²) in [4.78, 5) is 16.1. The van der Waals surface area contributed by atoms with Crippen molar-refractivity contribution in [3.8, 4) is 0 Å². The van der Waals surface area contributed by atoms with Crippen LogP contribution in [0, 0.1) is 6.92 Å². The summed E-state index contributed by atoms with van der Waals surface area (Å²) in [7, 11) is 0. The maximum absolute atomic E-state index is 12.0. The fraction of sp³-hybridized carbons (Fsp3) is 0.769. The molecule has 0 radical (unpaired) electrons. The molecule has 112 valence electrons. The molecule has 0 aromatic carbocycles. The van der Waals surface area contributed by atoms with Gasteiger partial charge >= 0.3 is 6.03 Å².